The number of carbonyl (C=O) groups is 2. The third kappa shape index (κ3) is 7.72. The number of nitrogens with one attached hydrogen (secondary N) is 2. The van der Waals surface area contributed by atoms with E-state index in [4.69, 9.17) is 4.74 Å². The number of nitrogens with zero attached hydrogens (tertiary/aromatic N) is 1. The summed E-state index contributed by atoms with van der Waals surface area (Å²) < 4.78 is 6.02. The fraction of sp³-hybridized carbons (Fsp3) is 0.714. The lowest BCUT2D eigenvalue weighted by Crippen LogP contribution is -2.54. The monoisotopic (exact) mass is 473 g/mol. The van der Waals surface area contributed by atoms with Gasteiger partial charge >= 0.3 is 0 Å². The number of hydrogen-bond donors (Lipinski definition) is 2. The Hall–Kier alpha value is -2.08. The first kappa shape index (κ1) is 28.2. The number of ether oxygens (including phenoxy) is 1. The lowest BCUT2D eigenvalue weighted by Gasteiger charge is -2.37. The molecule has 0 heterocycles. The highest BCUT2D eigenvalue weighted by Crippen LogP contribution is 2.33. The van der Waals surface area contributed by atoms with Crippen molar-refractivity contribution in [2.75, 3.05) is 27.2 Å². The van der Waals surface area contributed by atoms with Gasteiger partial charge in [-0.2, -0.15) is 0 Å². The van der Waals surface area contributed by atoms with Gasteiger partial charge in [-0.15, -0.1) is 0 Å². The Morgan fingerprint density at radius 2 is 1.68 bits per heavy atom. The Kier molecular flexibility index (Phi) is 11.4. The second-order valence-electron chi connectivity index (χ2n) is 10.2. The van der Waals surface area contributed by atoms with E-state index in [0.717, 1.165) is 42.6 Å². The van der Waals surface area contributed by atoms with Crippen LogP contribution in [0.15, 0.2) is 12.1 Å². The lowest BCUT2D eigenvalue weighted by molar-refractivity contribution is -0.123. The summed E-state index contributed by atoms with van der Waals surface area (Å²) in [6.07, 6.45) is 10.7. The molecule has 1 atom stereocenters. The fourth-order valence-electron chi connectivity index (χ4n) is 5.00. The summed E-state index contributed by atoms with van der Waals surface area (Å²) in [6.45, 7) is 9.50. The molecule has 6 nitrogen and oxygen atoms in total. The van der Waals surface area contributed by atoms with E-state index in [1.54, 1.807) is 0 Å². The molecule has 1 fully saturated rings. The number of aryl methyl sites for hydroxylation is 2. The molecule has 2 N–H and O–H groups in total. The third-order valence-corrected chi connectivity index (χ3v) is 7.24. The SMILES string of the molecule is CCCCCCOc1c(C)cc(C(=O)N[C@@H](CCC)C(=O)NCC2(N(C)C)CCCC2)cc1C. The highest BCUT2D eigenvalue weighted by molar-refractivity contribution is 5.98. The molecule has 0 aromatic heterocycles. The molecule has 1 saturated carbocycles. The van der Waals surface area contributed by atoms with Crippen molar-refractivity contribution in [1.82, 2.24) is 15.5 Å². The summed E-state index contributed by atoms with van der Waals surface area (Å²) in [5, 5.41) is 6.13. The zero-order chi connectivity index (χ0) is 25.1. The topological polar surface area (TPSA) is 70.7 Å². The van der Waals surface area contributed by atoms with Crippen LogP contribution in [0.25, 0.3) is 0 Å². The van der Waals surface area contributed by atoms with Gasteiger partial charge in [-0.3, -0.25) is 9.59 Å². The van der Waals surface area contributed by atoms with Crippen LogP contribution in [0, 0.1) is 13.8 Å². The molecule has 0 bridgehead atoms. The molecule has 1 aliphatic carbocycles. The first-order valence-corrected chi connectivity index (χ1v) is 13.2. The number of unbranched alkanes of at least 4 members (excludes halogenated alkanes) is 3. The van der Waals surface area contributed by atoms with E-state index in [1.807, 2.05) is 32.9 Å². The highest BCUT2D eigenvalue weighted by atomic mass is 16.5. The normalized spacial score (nSPS) is 15.9. The summed E-state index contributed by atoms with van der Waals surface area (Å²) in [5.41, 5.74) is 2.50. The minimum atomic E-state index is -0.534. The van der Waals surface area contributed by atoms with Crippen molar-refractivity contribution in [2.24, 2.45) is 0 Å². The molecular weight excluding hydrogens is 426 g/mol. The van der Waals surface area contributed by atoms with Crippen LogP contribution in [0.2, 0.25) is 0 Å². The Morgan fingerprint density at radius 3 is 2.24 bits per heavy atom. The van der Waals surface area contributed by atoms with Crippen LogP contribution in [0.5, 0.6) is 5.75 Å². The van der Waals surface area contributed by atoms with Crippen LogP contribution in [0.4, 0.5) is 0 Å². The van der Waals surface area contributed by atoms with E-state index in [-0.39, 0.29) is 17.4 Å². The Bertz CT molecular complexity index is 777. The van der Waals surface area contributed by atoms with Crippen molar-refractivity contribution >= 4 is 11.8 Å². The summed E-state index contributed by atoms with van der Waals surface area (Å²) in [5.74, 6) is 0.558. The molecule has 1 aromatic rings. The van der Waals surface area contributed by atoms with Crippen molar-refractivity contribution in [1.29, 1.82) is 0 Å². The van der Waals surface area contributed by atoms with Crippen LogP contribution in [0.3, 0.4) is 0 Å². The van der Waals surface area contributed by atoms with Crippen LogP contribution in [-0.2, 0) is 4.79 Å². The second kappa shape index (κ2) is 13.7. The van der Waals surface area contributed by atoms with E-state index in [2.05, 4.69) is 36.6 Å². The number of hydrogen-bond acceptors (Lipinski definition) is 4. The zero-order valence-corrected chi connectivity index (χ0v) is 22.4. The first-order valence-electron chi connectivity index (χ1n) is 13.2. The maximum atomic E-state index is 13.1. The molecule has 34 heavy (non-hydrogen) atoms. The van der Waals surface area contributed by atoms with Gasteiger partial charge in [0.2, 0.25) is 5.91 Å². The maximum Gasteiger partial charge on any atom is 0.251 e. The molecule has 0 aliphatic heterocycles. The van der Waals surface area contributed by atoms with E-state index >= 15 is 0 Å². The smallest absolute Gasteiger partial charge is 0.251 e. The van der Waals surface area contributed by atoms with Gasteiger partial charge in [-0.25, -0.2) is 0 Å². The first-order chi connectivity index (χ1) is 16.2. The fourth-order valence-corrected chi connectivity index (χ4v) is 5.00. The summed E-state index contributed by atoms with van der Waals surface area (Å²) in [7, 11) is 4.18. The summed E-state index contributed by atoms with van der Waals surface area (Å²) in [4.78, 5) is 28.4. The van der Waals surface area contributed by atoms with Crippen molar-refractivity contribution in [3.8, 4) is 5.75 Å². The number of benzene rings is 1. The van der Waals surface area contributed by atoms with Gasteiger partial charge in [0.05, 0.1) is 6.61 Å². The van der Waals surface area contributed by atoms with Gasteiger partial charge in [0.15, 0.2) is 0 Å². The van der Waals surface area contributed by atoms with Crippen LogP contribution < -0.4 is 15.4 Å². The van der Waals surface area contributed by atoms with Crippen molar-refractivity contribution < 1.29 is 14.3 Å². The average Bonchev–Trinajstić information content (AvgIpc) is 3.29. The van der Waals surface area contributed by atoms with Crippen molar-refractivity contribution in [3.63, 3.8) is 0 Å². The molecular formula is C28H47N3O3. The largest absolute Gasteiger partial charge is 0.493 e. The van der Waals surface area contributed by atoms with Gasteiger partial charge in [-0.1, -0.05) is 52.4 Å². The molecule has 2 rings (SSSR count). The van der Waals surface area contributed by atoms with Crippen LogP contribution in [0.1, 0.15) is 99.5 Å². The second-order valence-corrected chi connectivity index (χ2v) is 10.2. The predicted molar refractivity (Wildman–Crippen MR) is 140 cm³/mol. The van der Waals surface area contributed by atoms with Gasteiger partial charge in [0.25, 0.3) is 5.91 Å². The third-order valence-electron chi connectivity index (χ3n) is 7.24. The van der Waals surface area contributed by atoms with Gasteiger partial charge in [0, 0.05) is 17.6 Å². The minimum Gasteiger partial charge on any atom is -0.493 e. The van der Waals surface area contributed by atoms with Gasteiger partial charge in [-0.05, 0) is 76.9 Å². The van der Waals surface area contributed by atoms with E-state index in [0.29, 0.717) is 25.1 Å². The molecule has 6 heteroatoms. The molecule has 1 aliphatic rings. The number of amides is 2. The molecule has 192 valence electrons. The standard InChI is InChI=1S/C28H47N3O3/c1-7-9-10-13-17-34-25-21(3)18-23(19-22(25)4)26(32)30-24(14-8-2)27(33)29-20-28(31(5)6)15-11-12-16-28/h18-19,24H,7-17,20H2,1-6H3,(H,29,33)(H,30,32)/t24-/m0/s1. The van der Waals surface area contributed by atoms with Gasteiger partial charge < -0.3 is 20.3 Å². The number of carbonyl (C=O) groups excluding carboxylic acids is 2. The Balaban J connectivity index is 2.00. The van der Waals surface area contributed by atoms with Crippen LogP contribution >= 0.6 is 0 Å². The molecule has 0 unspecified atom stereocenters. The van der Waals surface area contributed by atoms with Crippen LogP contribution in [-0.4, -0.2) is 55.5 Å². The Morgan fingerprint density at radius 1 is 1.03 bits per heavy atom. The molecule has 0 saturated heterocycles. The number of likely N-dealkylation sites (N-methyl/N-ethyl adjacent to an activating group) is 1. The van der Waals surface area contributed by atoms with Gasteiger partial charge in [0.1, 0.15) is 11.8 Å². The van der Waals surface area contributed by atoms with E-state index in [9.17, 15) is 9.59 Å². The summed E-state index contributed by atoms with van der Waals surface area (Å²) >= 11 is 0. The highest BCUT2D eigenvalue weighted by Gasteiger charge is 2.36. The lowest BCUT2D eigenvalue weighted by atomic mass is 9.95. The molecule has 2 amide bonds. The molecule has 1 aromatic carbocycles. The van der Waals surface area contributed by atoms with Crippen molar-refractivity contribution in [3.05, 3.63) is 28.8 Å². The molecule has 0 spiro atoms. The predicted octanol–water partition coefficient (Wildman–Crippen LogP) is 5.15. The maximum absolute atomic E-state index is 13.1. The zero-order valence-electron chi connectivity index (χ0n) is 22.4. The average molecular weight is 474 g/mol. The van der Waals surface area contributed by atoms with E-state index < -0.39 is 6.04 Å². The number of rotatable bonds is 14. The summed E-state index contributed by atoms with van der Waals surface area (Å²) in [6, 6.07) is 3.20. The Labute approximate surface area is 207 Å². The quantitative estimate of drug-likeness (QED) is 0.367. The molecule has 0 radical (unpaired) electrons. The van der Waals surface area contributed by atoms with E-state index in [1.165, 1.54) is 32.1 Å². The minimum absolute atomic E-state index is 0.0248. The van der Waals surface area contributed by atoms with Crippen molar-refractivity contribution in [2.45, 2.75) is 103 Å².